The highest BCUT2D eigenvalue weighted by Crippen LogP contribution is 2.22. The Kier molecular flexibility index (Phi) is 2.79. The number of anilines is 1. The molecule has 0 bridgehead atoms. The second kappa shape index (κ2) is 4.75. The molecule has 0 spiro atoms. The van der Waals surface area contributed by atoms with Gasteiger partial charge in [0.1, 0.15) is 5.76 Å². The quantitative estimate of drug-likeness (QED) is 0.760. The molecule has 0 saturated heterocycles. The molecule has 0 unspecified atom stereocenters. The number of hydrogen-bond donors (Lipinski definition) is 1. The molecule has 0 saturated carbocycles. The molecule has 5 heteroatoms. The largest absolute Gasteiger partial charge is 0.447 e. The minimum absolute atomic E-state index is 0.597. The van der Waals surface area contributed by atoms with Gasteiger partial charge in [0.25, 0.3) is 0 Å². The Morgan fingerprint density at radius 3 is 2.72 bits per heavy atom. The molecule has 3 aromatic rings. The Balaban J connectivity index is 1.75. The second-order valence-electron chi connectivity index (χ2n) is 3.77. The van der Waals surface area contributed by atoms with Gasteiger partial charge in [0.05, 0.1) is 18.9 Å². The minimum atomic E-state index is 0.597. The summed E-state index contributed by atoms with van der Waals surface area (Å²) in [7, 11) is 0. The van der Waals surface area contributed by atoms with Crippen LogP contribution >= 0.6 is 0 Å². The van der Waals surface area contributed by atoms with Crippen LogP contribution in [-0.4, -0.2) is 9.97 Å². The Hall–Kier alpha value is -2.56. The molecule has 3 rings (SSSR count). The van der Waals surface area contributed by atoms with Crippen LogP contribution < -0.4 is 5.32 Å². The molecule has 90 valence electrons. The smallest absolute Gasteiger partial charge is 0.181 e. The van der Waals surface area contributed by atoms with E-state index >= 15 is 0 Å². The van der Waals surface area contributed by atoms with Crippen LogP contribution in [0.5, 0.6) is 0 Å². The van der Waals surface area contributed by atoms with Crippen LogP contribution in [0.1, 0.15) is 5.76 Å². The van der Waals surface area contributed by atoms with Crippen molar-refractivity contribution < 1.29 is 8.83 Å². The first-order valence-electron chi connectivity index (χ1n) is 5.52. The van der Waals surface area contributed by atoms with E-state index in [1.54, 1.807) is 12.4 Å². The summed E-state index contributed by atoms with van der Waals surface area (Å²) in [4.78, 5) is 7.77. The highest BCUT2D eigenvalue weighted by Gasteiger charge is 2.02. The zero-order valence-electron chi connectivity index (χ0n) is 9.54. The first-order valence-corrected chi connectivity index (χ1v) is 5.52. The molecule has 2 heterocycles. The molecular weight excluding hydrogens is 230 g/mol. The molecule has 0 aliphatic carbocycles. The third-order valence-electron chi connectivity index (χ3n) is 2.53. The maximum absolute atomic E-state index is 5.26. The van der Waals surface area contributed by atoms with E-state index in [-0.39, 0.29) is 0 Å². The molecule has 1 N–H and O–H groups in total. The van der Waals surface area contributed by atoms with E-state index in [0.717, 1.165) is 22.8 Å². The summed E-state index contributed by atoms with van der Waals surface area (Å²) in [6.45, 7) is 0.597. The minimum Gasteiger partial charge on any atom is -0.447 e. The van der Waals surface area contributed by atoms with Crippen molar-refractivity contribution >= 4 is 5.69 Å². The third-order valence-corrected chi connectivity index (χ3v) is 2.53. The molecular formula is C13H11N3O2. The van der Waals surface area contributed by atoms with Crippen molar-refractivity contribution in [1.82, 2.24) is 9.97 Å². The zero-order chi connectivity index (χ0) is 12.2. The van der Waals surface area contributed by atoms with Gasteiger partial charge in [0, 0.05) is 11.3 Å². The van der Waals surface area contributed by atoms with Crippen LogP contribution in [0.3, 0.4) is 0 Å². The van der Waals surface area contributed by atoms with Gasteiger partial charge in [-0.25, -0.2) is 9.97 Å². The van der Waals surface area contributed by atoms with Crippen LogP contribution in [0.2, 0.25) is 0 Å². The molecule has 0 atom stereocenters. The van der Waals surface area contributed by atoms with Gasteiger partial charge in [-0.3, -0.25) is 0 Å². The van der Waals surface area contributed by atoms with E-state index in [9.17, 15) is 0 Å². The summed E-state index contributed by atoms with van der Waals surface area (Å²) in [5.74, 6) is 1.54. The van der Waals surface area contributed by atoms with Crippen molar-refractivity contribution in [1.29, 1.82) is 0 Å². The van der Waals surface area contributed by atoms with E-state index < -0.39 is 0 Å². The Morgan fingerprint density at radius 1 is 1.06 bits per heavy atom. The summed E-state index contributed by atoms with van der Waals surface area (Å²) in [6, 6.07) is 7.91. The predicted octanol–water partition coefficient (Wildman–Crippen LogP) is 2.94. The molecule has 0 aliphatic heterocycles. The molecule has 0 fully saturated rings. The van der Waals surface area contributed by atoms with Crippen LogP contribution in [0.25, 0.3) is 11.3 Å². The highest BCUT2D eigenvalue weighted by atomic mass is 16.3. The van der Waals surface area contributed by atoms with Gasteiger partial charge in [-0.1, -0.05) is 12.1 Å². The van der Waals surface area contributed by atoms with Crippen molar-refractivity contribution in [3.63, 3.8) is 0 Å². The van der Waals surface area contributed by atoms with Crippen LogP contribution in [0.4, 0.5) is 5.69 Å². The van der Waals surface area contributed by atoms with E-state index in [4.69, 9.17) is 8.83 Å². The van der Waals surface area contributed by atoms with E-state index in [2.05, 4.69) is 15.3 Å². The predicted molar refractivity (Wildman–Crippen MR) is 65.8 cm³/mol. The lowest BCUT2D eigenvalue weighted by Gasteiger charge is -2.05. The van der Waals surface area contributed by atoms with Gasteiger partial charge < -0.3 is 14.2 Å². The van der Waals surface area contributed by atoms with Crippen LogP contribution in [0.15, 0.2) is 58.3 Å². The molecule has 1 aromatic carbocycles. The molecule has 18 heavy (non-hydrogen) atoms. The van der Waals surface area contributed by atoms with Gasteiger partial charge in [-0.15, -0.1) is 0 Å². The molecule has 0 amide bonds. The van der Waals surface area contributed by atoms with Crippen molar-refractivity contribution in [2.75, 3.05) is 5.32 Å². The van der Waals surface area contributed by atoms with Gasteiger partial charge in [0.15, 0.2) is 18.5 Å². The highest BCUT2D eigenvalue weighted by molar-refractivity contribution is 5.63. The standard InChI is InChI=1S/C13H11N3O2/c1-2-10(13-7-15-9-18-13)4-11(3-1)16-6-12-5-14-8-17-12/h1-5,7-9,16H,6H2. The van der Waals surface area contributed by atoms with Crippen molar-refractivity contribution in [3.05, 3.63) is 55.2 Å². The SMILES string of the molecule is c1cc(NCc2cnco2)cc(-c2cnco2)c1. The summed E-state index contributed by atoms with van der Waals surface area (Å²) in [5.41, 5.74) is 1.97. The lowest BCUT2D eigenvalue weighted by atomic mass is 10.1. The third kappa shape index (κ3) is 2.24. The number of benzene rings is 1. The molecule has 2 aromatic heterocycles. The zero-order valence-corrected chi connectivity index (χ0v) is 9.54. The Bertz CT molecular complexity index is 603. The number of rotatable bonds is 4. The van der Waals surface area contributed by atoms with Gasteiger partial charge >= 0.3 is 0 Å². The number of aromatic nitrogens is 2. The first-order chi connectivity index (χ1) is 8.92. The lowest BCUT2D eigenvalue weighted by Crippen LogP contribution is -1.97. The maximum Gasteiger partial charge on any atom is 0.181 e. The van der Waals surface area contributed by atoms with Gasteiger partial charge in [-0.2, -0.15) is 0 Å². The normalized spacial score (nSPS) is 10.4. The number of oxazole rings is 2. The van der Waals surface area contributed by atoms with Crippen molar-refractivity contribution in [3.8, 4) is 11.3 Å². The van der Waals surface area contributed by atoms with E-state index in [1.807, 2.05) is 24.3 Å². The summed E-state index contributed by atoms with van der Waals surface area (Å²) in [5, 5.41) is 3.25. The van der Waals surface area contributed by atoms with E-state index in [1.165, 1.54) is 12.8 Å². The summed E-state index contributed by atoms with van der Waals surface area (Å²) >= 11 is 0. The van der Waals surface area contributed by atoms with Crippen LogP contribution in [0, 0.1) is 0 Å². The van der Waals surface area contributed by atoms with E-state index in [0.29, 0.717) is 6.54 Å². The average molecular weight is 241 g/mol. The van der Waals surface area contributed by atoms with Crippen molar-refractivity contribution in [2.45, 2.75) is 6.54 Å². The fourth-order valence-electron chi connectivity index (χ4n) is 1.66. The number of nitrogens with zero attached hydrogens (tertiary/aromatic N) is 2. The molecule has 5 nitrogen and oxygen atoms in total. The monoisotopic (exact) mass is 241 g/mol. The average Bonchev–Trinajstić information content (AvgIpc) is 3.10. The molecule has 0 radical (unpaired) electrons. The Morgan fingerprint density at radius 2 is 1.94 bits per heavy atom. The number of nitrogens with one attached hydrogen (secondary N) is 1. The topological polar surface area (TPSA) is 64.1 Å². The van der Waals surface area contributed by atoms with Crippen molar-refractivity contribution in [2.24, 2.45) is 0 Å². The van der Waals surface area contributed by atoms with Gasteiger partial charge in [-0.05, 0) is 12.1 Å². The lowest BCUT2D eigenvalue weighted by molar-refractivity contribution is 0.512. The fraction of sp³-hybridized carbons (Fsp3) is 0.0769. The summed E-state index contributed by atoms with van der Waals surface area (Å²) in [6.07, 6.45) is 6.22. The summed E-state index contributed by atoms with van der Waals surface area (Å²) < 4.78 is 10.4. The fourth-order valence-corrected chi connectivity index (χ4v) is 1.66. The van der Waals surface area contributed by atoms with Crippen LogP contribution in [-0.2, 0) is 6.54 Å². The second-order valence-corrected chi connectivity index (χ2v) is 3.77. The molecule has 0 aliphatic rings. The first kappa shape index (κ1) is 10.6. The maximum atomic E-state index is 5.26. The number of hydrogen-bond acceptors (Lipinski definition) is 5. The Labute approximate surface area is 103 Å². The van der Waals surface area contributed by atoms with Gasteiger partial charge in [0.2, 0.25) is 0 Å².